The molecule has 1 unspecified atom stereocenters. The summed E-state index contributed by atoms with van der Waals surface area (Å²) in [7, 11) is 0. The number of likely N-dealkylation sites (tertiary alicyclic amines) is 1. The Balaban J connectivity index is 1.87. The molecule has 22 heavy (non-hydrogen) atoms. The van der Waals surface area contributed by atoms with E-state index in [1.54, 1.807) is 4.90 Å². The van der Waals surface area contributed by atoms with Gasteiger partial charge in [-0.1, -0.05) is 38.5 Å². The largest absolute Gasteiger partial charge is 0.342 e. The molecule has 1 aromatic rings. The van der Waals surface area contributed by atoms with Crippen LogP contribution in [0.2, 0.25) is 0 Å². The summed E-state index contributed by atoms with van der Waals surface area (Å²) in [5.74, 6) is 0.184. The van der Waals surface area contributed by atoms with E-state index < -0.39 is 0 Å². The summed E-state index contributed by atoms with van der Waals surface area (Å²) in [6.45, 7) is 7.59. The second-order valence-corrected chi connectivity index (χ2v) is 7.24. The maximum atomic E-state index is 12.3. The molecule has 0 bridgehead atoms. The van der Waals surface area contributed by atoms with Crippen LogP contribution in [0.25, 0.3) is 0 Å². The number of amides is 2. The molecule has 2 amide bonds. The summed E-state index contributed by atoms with van der Waals surface area (Å²) in [6, 6.07) is 0. The predicted octanol–water partition coefficient (Wildman–Crippen LogP) is 2.32. The molecule has 0 saturated carbocycles. The fourth-order valence-electron chi connectivity index (χ4n) is 2.46. The van der Waals surface area contributed by atoms with Gasteiger partial charge in [0.1, 0.15) is 5.01 Å². The van der Waals surface area contributed by atoms with Gasteiger partial charge in [0.25, 0.3) is 0 Å². The molecule has 1 N–H and O–H groups in total. The van der Waals surface area contributed by atoms with Gasteiger partial charge in [-0.2, -0.15) is 0 Å². The highest BCUT2D eigenvalue weighted by Gasteiger charge is 2.34. The van der Waals surface area contributed by atoms with Crippen molar-refractivity contribution in [1.29, 1.82) is 0 Å². The van der Waals surface area contributed by atoms with Crippen LogP contribution in [0.5, 0.6) is 0 Å². The molecule has 0 aromatic carbocycles. The van der Waals surface area contributed by atoms with Crippen molar-refractivity contribution in [2.75, 3.05) is 18.4 Å². The normalized spacial score (nSPS) is 18.3. The first-order valence-corrected chi connectivity index (χ1v) is 8.72. The van der Waals surface area contributed by atoms with E-state index >= 15 is 0 Å². The van der Waals surface area contributed by atoms with E-state index in [-0.39, 0.29) is 17.7 Å². The summed E-state index contributed by atoms with van der Waals surface area (Å²) in [4.78, 5) is 25.9. The number of nitrogens with one attached hydrogen (secondary N) is 1. The molecule has 0 radical (unpaired) electrons. The van der Waals surface area contributed by atoms with Crippen molar-refractivity contribution in [3.8, 4) is 0 Å². The van der Waals surface area contributed by atoms with Gasteiger partial charge in [0, 0.05) is 25.9 Å². The van der Waals surface area contributed by atoms with Gasteiger partial charge in [-0.3, -0.25) is 9.59 Å². The Bertz CT molecular complexity index is 529. The highest BCUT2D eigenvalue weighted by molar-refractivity contribution is 7.15. The standard InChI is InChI=1S/C15H24N4O2S/c1-4-5-6-19-9-11(8-13(19)20)14(21)16-15-18-17-12(22-15)7-10(2)3/h10-11H,4-9H2,1-3H3,(H,16,18,21). The molecule has 1 aliphatic heterocycles. The number of carbonyl (C=O) groups excluding carboxylic acids is 2. The Labute approximate surface area is 135 Å². The van der Waals surface area contributed by atoms with Gasteiger partial charge in [0.05, 0.1) is 5.92 Å². The van der Waals surface area contributed by atoms with Crippen LogP contribution in [-0.4, -0.2) is 40.0 Å². The molecule has 1 aromatic heterocycles. The van der Waals surface area contributed by atoms with E-state index in [9.17, 15) is 9.59 Å². The van der Waals surface area contributed by atoms with Crippen molar-refractivity contribution in [1.82, 2.24) is 15.1 Å². The minimum atomic E-state index is -0.276. The van der Waals surface area contributed by atoms with E-state index in [0.29, 0.717) is 24.0 Å². The number of aromatic nitrogens is 2. The van der Waals surface area contributed by atoms with Gasteiger partial charge in [-0.05, 0) is 12.3 Å². The molecular weight excluding hydrogens is 300 g/mol. The van der Waals surface area contributed by atoms with Crippen molar-refractivity contribution >= 4 is 28.3 Å². The SMILES string of the molecule is CCCCN1CC(C(=O)Nc2nnc(CC(C)C)s2)CC1=O. The molecule has 1 fully saturated rings. The molecular formula is C15H24N4O2S. The van der Waals surface area contributed by atoms with Crippen molar-refractivity contribution < 1.29 is 9.59 Å². The highest BCUT2D eigenvalue weighted by atomic mass is 32.1. The summed E-state index contributed by atoms with van der Waals surface area (Å²) in [6.07, 6.45) is 3.19. The lowest BCUT2D eigenvalue weighted by atomic mass is 10.1. The lowest BCUT2D eigenvalue weighted by molar-refractivity contribution is -0.128. The Kier molecular flexibility index (Phi) is 5.88. The second-order valence-electron chi connectivity index (χ2n) is 6.18. The molecule has 7 heteroatoms. The smallest absolute Gasteiger partial charge is 0.231 e. The molecule has 1 aliphatic rings. The van der Waals surface area contributed by atoms with Crippen LogP contribution in [0, 0.1) is 11.8 Å². The lowest BCUT2D eigenvalue weighted by Gasteiger charge is -2.15. The Morgan fingerprint density at radius 2 is 2.23 bits per heavy atom. The van der Waals surface area contributed by atoms with E-state index in [4.69, 9.17) is 0 Å². The number of nitrogens with zero attached hydrogens (tertiary/aromatic N) is 3. The van der Waals surface area contributed by atoms with E-state index in [1.807, 2.05) is 0 Å². The number of carbonyl (C=O) groups is 2. The molecule has 1 atom stereocenters. The van der Waals surface area contributed by atoms with Crippen molar-refractivity contribution in [2.45, 2.75) is 46.5 Å². The van der Waals surface area contributed by atoms with Crippen LogP contribution in [0.15, 0.2) is 0 Å². The van der Waals surface area contributed by atoms with Crippen molar-refractivity contribution in [3.63, 3.8) is 0 Å². The third-order valence-electron chi connectivity index (χ3n) is 3.65. The zero-order valence-corrected chi connectivity index (χ0v) is 14.3. The zero-order valence-electron chi connectivity index (χ0n) is 13.5. The maximum absolute atomic E-state index is 12.3. The van der Waals surface area contributed by atoms with Gasteiger partial charge >= 0.3 is 0 Å². The number of hydrogen-bond donors (Lipinski definition) is 1. The fraction of sp³-hybridized carbons (Fsp3) is 0.733. The molecule has 1 saturated heterocycles. The van der Waals surface area contributed by atoms with Crippen LogP contribution in [-0.2, 0) is 16.0 Å². The summed E-state index contributed by atoms with van der Waals surface area (Å²) >= 11 is 1.41. The van der Waals surface area contributed by atoms with E-state index in [1.165, 1.54) is 11.3 Å². The van der Waals surface area contributed by atoms with Crippen molar-refractivity contribution in [2.24, 2.45) is 11.8 Å². The van der Waals surface area contributed by atoms with Gasteiger partial charge in [0.2, 0.25) is 16.9 Å². The molecule has 122 valence electrons. The average molecular weight is 324 g/mol. The first kappa shape index (κ1) is 16.9. The van der Waals surface area contributed by atoms with Gasteiger partial charge in [-0.25, -0.2) is 0 Å². The highest BCUT2D eigenvalue weighted by Crippen LogP contribution is 2.22. The van der Waals surface area contributed by atoms with Crippen LogP contribution in [0.1, 0.15) is 45.0 Å². The summed E-state index contributed by atoms with van der Waals surface area (Å²) < 4.78 is 0. The fourth-order valence-corrected chi connectivity index (χ4v) is 3.41. The Hall–Kier alpha value is -1.50. The first-order chi connectivity index (χ1) is 10.5. The summed E-state index contributed by atoms with van der Waals surface area (Å²) in [5.41, 5.74) is 0. The molecule has 2 rings (SSSR count). The third-order valence-corrected chi connectivity index (χ3v) is 4.51. The monoisotopic (exact) mass is 324 g/mol. The molecule has 0 aliphatic carbocycles. The quantitative estimate of drug-likeness (QED) is 0.835. The van der Waals surface area contributed by atoms with Crippen LogP contribution in [0.4, 0.5) is 5.13 Å². The molecule has 2 heterocycles. The number of unbranched alkanes of at least 4 members (excludes halogenated alkanes) is 1. The van der Waals surface area contributed by atoms with E-state index in [2.05, 4.69) is 36.3 Å². The third kappa shape index (κ3) is 4.50. The van der Waals surface area contributed by atoms with Gasteiger partial charge in [-0.15, -0.1) is 10.2 Å². The average Bonchev–Trinajstić information content (AvgIpc) is 3.03. The zero-order chi connectivity index (χ0) is 16.1. The maximum Gasteiger partial charge on any atom is 0.231 e. The Morgan fingerprint density at radius 1 is 1.45 bits per heavy atom. The number of rotatable bonds is 7. The predicted molar refractivity (Wildman–Crippen MR) is 86.7 cm³/mol. The number of hydrogen-bond acceptors (Lipinski definition) is 5. The van der Waals surface area contributed by atoms with Crippen LogP contribution >= 0.6 is 11.3 Å². The lowest BCUT2D eigenvalue weighted by Crippen LogP contribution is -2.29. The first-order valence-electron chi connectivity index (χ1n) is 7.90. The van der Waals surface area contributed by atoms with Crippen molar-refractivity contribution in [3.05, 3.63) is 5.01 Å². The van der Waals surface area contributed by atoms with Crippen LogP contribution < -0.4 is 5.32 Å². The topological polar surface area (TPSA) is 75.2 Å². The number of anilines is 1. The minimum absolute atomic E-state index is 0.0753. The van der Waals surface area contributed by atoms with Gasteiger partial charge < -0.3 is 10.2 Å². The second kappa shape index (κ2) is 7.67. The van der Waals surface area contributed by atoms with Crippen LogP contribution in [0.3, 0.4) is 0 Å². The molecule has 0 spiro atoms. The minimum Gasteiger partial charge on any atom is -0.342 e. The molecule has 6 nitrogen and oxygen atoms in total. The van der Waals surface area contributed by atoms with Gasteiger partial charge in [0.15, 0.2) is 0 Å². The summed E-state index contributed by atoms with van der Waals surface area (Å²) in [5, 5.41) is 12.3. The Morgan fingerprint density at radius 3 is 2.91 bits per heavy atom. The van der Waals surface area contributed by atoms with E-state index in [0.717, 1.165) is 30.8 Å².